The summed E-state index contributed by atoms with van der Waals surface area (Å²) >= 11 is 0. The lowest BCUT2D eigenvalue weighted by Gasteiger charge is -2.37. The predicted octanol–water partition coefficient (Wildman–Crippen LogP) is 8.58. The number of nitrogens with zero attached hydrogens (tertiary/aromatic N) is 4. The molecule has 0 saturated carbocycles. The molecule has 3 rings (SSSR count). The fourth-order valence-electron chi connectivity index (χ4n) is 9.32. The molecule has 0 aliphatic carbocycles. The number of ether oxygens (including phenoxy) is 5. The minimum Gasteiger partial charge on any atom is -0.399 e. The zero-order valence-corrected chi connectivity index (χ0v) is 46.0. The SMILES string of the molecule is CCCN(C=O)C(=O)c1ccc(COCCOCCOCCOCCOC/C(N)=C/N(N)CCCCCCCCCCC(=O)NC(CCN2C(C)CCC2CC(C)N(C(C)=N)C(=N)C(C)C)c2ccccc2)cc1. The molecule has 3 amide bonds. The molecule has 7 N–H and O–H groups in total. The molecule has 2 aromatic carbocycles. The van der Waals surface area contributed by atoms with Gasteiger partial charge in [-0.3, -0.25) is 35.0 Å². The molecule has 17 nitrogen and oxygen atoms in total. The number of nitrogens with two attached hydrogens (primary N) is 2. The molecule has 0 aromatic heterocycles. The zero-order valence-electron chi connectivity index (χ0n) is 46.0. The molecule has 1 aliphatic heterocycles. The van der Waals surface area contributed by atoms with Crippen LogP contribution in [0.4, 0.5) is 0 Å². The summed E-state index contributed by atoms with van der Waals surface area (Å²) in [7, 11) is 0. The third kappa shape index (κ3) is 25.7. The minimum absolute atomic E-state index is 0.0457. The zero-order chi connectivity index (χ0) is 53.9. The first-order chi connectivity index (χ1) is 35.7. The molecule has 1 heterocycles. The number of carbonyl (C=O) groups excluding carboxylic acids is 3. The van der Waals surface area contributed by atoms with E-state index >= 15 is 0 Å². The summed E-state index contributed by atoms with van der Waals surface area (Å²) in [5.41, 5.74) is 9.22. The Labute approximate surface area is 444 Å². The average Bonchev–Trinajstić information content (AvgIpc) is 3.73. The second-order valence-corrected chi connectivity index (χ2v) is 20.0. The summed E-state index contributed by atoms with van der Waals surface area (Å²) in [6, 6.07) is 18.3. The van der Waals surface area contributed by atoms with E-state index < -0.39 is 0 Å². The number of hydrogen-bond acceptors (Lipinski definition) is 14. The summed E-state index contributed by atoms with van der Waals surface area (Å²) in [5.74, 6) is 6.99. The number of rotatable bonds is 41. The molecule has 2 aromatic rings. The maximum Gasteiger partial charge on any atom is 0.260 e. The Balaban J connectivity index is 1.14. The second-order valence-electron chi connectivity index (χ2n) is 20.0. The largest absolute Gasteiger partial charge is 0.399 e. The van der Waals surface area contributed by atoms with Gasteiger partial charge in [0.15, 0.2) is 0 Å². The molecule has 4 atom stereocenters. The van der Waals surface area contributed by atoms with Crippen LogP contribution in [0, 0.1) is 16.7 Å². The highest BCUT2D eigenvalue weighted by atomic mass is 16.6. The van der Waals surface area contributed by atoms with Crippen LogP contribution in [0.5, 0.6) is 0 Å². The summed E-state index contributed by atoms with van der Waals surface area (Å²) in [6.45, 7) is 18.4. The topological polar surface area (TPSA) is 222 Å². The number of benzene rings is 2. The minimum atomic E-state index is -0.302. The first-order valence-electron chi connectivity index (χ1n) is 27.5. The summed E-state index contributed by atoms with van der Waals surface area (Å²) in [4.78, 5) is 42.5. The summed E-state index contributed by atoms with van der Waals surface area (Å²) in [6.07, 6.45) is 16.2. The molecular weight excluding hydrogens is 939 g/mol. The third-order valence-electron chi connectivity index (χ3n) is 13.4. The van der Waals surface area contributed by atoms with Gasteiger partial charge in [0.05, 0.1) is 83.6 Å². The lowest BCUT2D eigenvalue weighted by Crippen LogP contribution is -2.47. The van der Waals surface area contributed by atoms with Gasteiger partial charge in [-0.15, -0.1) is 0 Å². The standard InChI is InChI=1S/C57H95N9O8/c1-7-29-63(44-67)57(69)51-25-23-49(24-26-51)42-73-38-36-71-34-32-70-33-35-72-37-39-74-43-52(59)41-64(61)30-18-13-11-9-8-10-12-17-21-55(68)62-54(50-19-15-14-16-20-50)28-31-65-46(4)22-27-53(65)40-47(5)66(48(6)58)56(60)45(2)3/h14-16,19-20,23-26,41,44-47,53-54,58,60H,7-13,17-18,21-22,27-40,42-43,59,61H2,1-6H3,(H,62,68)/b52-41-,58-48?,60-56?. The average molecular weight is 1030 g/mol. The van der Waals surface area contributed by atoms with Crippen LogP contribution in [-0.4, -0.2) is 147 Å². The van der Waals surface area contributed by atoms with Crippen LogP contribution in [-0.2, 0) is 39.9 Å². The molecule has 1 aliphatic rings. The van der Waals surface area contributed by atoms with Gasteiger partial charge in [0, 0.05) is 61.9 Å². The molecule has 0 bridgehead atoms. The van der Waals surface area contributed by atoms with E-state index in [0.29, 0.717) is 120 Å². The van der Waals surface area contributed by atoms with Crippen molar-refractivity contribution in [2.24, 2.45) is 17.5 Å². The van der Waals surface area contributed by atoms with E-state index in [1.165, 1.54) is 11.3 Å². The molecule has 1 fully saturated rings. The lowest BCUT2D eigenvalue weighted by atomic mass is 10.0. The molecule has 1 saturated heterocycles. The van der Waals surface area contributed by atoms with Crippen LogP contribution in [0.25, 0.3) is 0 Å². The second kappa shape index (κ2) is 37.9. The Morgan fingerprint density at radius 1 is 0.797 bits per heavy atom. The van der Waals surface area contributed by atoms with Gasteiger partial charge in [0.2, 0.25) is 12.3 Å². The van der Waals surface area contributed by atoms with Crippen molar-refractivity contribution in [3.63, 3.8) is 0 Å². The van der Waals surface area contributed by atoms with Crippen molar-refractivity contribution in [1.82, 2.24) is 25.0 Å². The number of hydrazine groups is 1. The Bertz CT molecular complexity index is 1910. The highest BCUT2D eigenvalue weighted by Crippen LogP contribution is 2.30. The number of amides is 3. The van der Waals surface area contributed by atoms with Crippen LogP contribution < -0.4 is 16.9 Å². The Kier molecular flexibility index (Phi) is 32.5. The number of hydrogen-bond donors (Lipinski definition) is 5. The summed E-state index contributed by atoms with van der Waals surface area (Å²) in [5, 5.41) is 22.0. The predicted molar refractivity (Wildman–Crippen MR) is 294 cm³/mol. The third-order valence-corrected chi connectivity index (χ3v) is 13.4. The van der Waals surface area contributed by atoms with Gasteiger partial charge in [-0.2, -0.15) is 0 Å². The number of amidine groups is 2. The van der Waals surface area contributed by atoms with Gasteiger partial charge < -0.3 is 44.6 Å². The van der Waals surface area contributed by atoms with Crippen molar-refractivity contribution in [3.8, 4) is 0 Å². The van der Waals surface area contributed by atoms with Crippen LogP contribution in [0.2, 0.25) is 0 Å². The fourth-order valence-corrected chi connectivity index (χ4v) is 9.32. The monoisotopic (exact) mass is 1030 g/mol. The Morgan fingerprint density at radius 2 is 1.38 bits per heavy atom. The van der Waals surface area contributed by atoms with Gasteiger partial charge >= 0.3 is 0 Å². The number of likely N-dealkylation sites (tertiary alicyclic amines) is 1. The molecule has 0 spiro atoms. The van der Waals surface area contributed by atoms with Gasteiger partial charge in [0.25, 0.3) is 5.91 Å². The van der Waals surface area contributed by atoms with E-state index in [0.717, 1.165) is 94.8 Å². The normalized spacial score (nSPS) is 15.8. The van der Waals surface area contributed by atoms with Crippen LogP contribution >= 0.6 is 0 Å². The van der Waals surface area contributed by atoms with E-state index in [-0.39, 0.29) is 36.4 Å². The molecule has 17 heteroatoms. The van der Waals surface area contributed by atoms with Crippen LogP contribution in [0.1, 0.15) is 159 Å². The number of nitrogens with one attached hydrogen (secondary N) is 3. The van der Waals surface area contributed by atoms with E-state index in [9.17, 15) is 14.4 Å². The molecule has 74 heavy (non-hydrogen) atoms. The van der Waals surface area contributed by atoms with Crippen molar-refractivity contribution >= 4 is 29.9 Å². The van der Waals surface area contributed by atoms with Gasteiger partial charge in [-0.05, 0) is 89.0 Å². The van der Waals surface area contributed by atoms with Crippen LogP contribution in [0.15, 0.2) is 66.5 Å². The Morgan fingerprint density at radius 3 is 1.96 bits per heavy atom. The molecule has 4 unspecified atom stereocenters. The van der Waals surface area contributed by atoms with E-state index in [1.54, 1.807) is 30.3 Å². The molecule has 416 valence electrons. The highest BCUT2D eigenvalue weighted by Gasteiger charge is 2.34. The number of carbonyl (C=O) groups is 3. The van der Waals surface area contributed by atoms with Gasteiger partial charge in [-0.1, -0.05) is 102 Å². The smallest absolute Gasteiger partial charge is 0.260 e. The number of imide groups is 1. The molecule has 0 radical (unpaired) electrons. The van der Waals surface area contributed by atoms with Crippen molar-refractivity contribution in [2.45, 2.75) is 162 Å². The van der Waals surface area contributed by atoms with Crippen molar-refractivity contribution in [1.29, 1.82) is 10.8 Å². The van der Waals surface area contributed by atoms with Crippen LogP contribution in [0.3, 0.4) is 0 Å². The van der Waals surface area contributed by atoms with E-state index in [4.69, 9.17) is 46.1 Å². The lowest BCUT2D eigenvalue weighted by molar-refractivity contribution is -0.122. The van der Waals surface area contributed by atoms with E-state index in [1.807, 2.05) is 56.0 Å². The summed E-state index contributed by atoms with van der Waals surface area (Å²) < 4.78 is 28.0. The van der Waals surface area contributed by atoms with Gasteiger partial charge in [-0.25, -0.2) is 5.84 Å². The maximum atomic E-state index is 13.3. The highest BCUT2D eigenvalue weighted by molar-refractivity contribution is 6.00. The quantitative estimate of drug-likeness (QED) is 0.0105. The fraction of sp³-hybridized carbons (Fsp3) is 0.667. The maximum absolute atomic E-state index is 13.3. The molecular formula is C57H95N9O8. The number of unbranched alkanes of at least 4 members (excludes halogenated alkanes) is 7. The first-order valence-corrected chi connectivity index (χ1v) is 27.5. The van der Waals surface area contributed by atoms with Gasteiger partial charge in [0.1, 0.15) is 5.84 Å². The van der Waals surface area contributed by atoms with Crippen molar-refractivity contribution in [3.05, 3.63) is 83.2 Å². The Hall–Kier alpha value is -4.75. The van der Waals surface area contributed by atoms with Crippen molar-refractivity contribution in [2.75, 3.05) is 79.1 Å². The van der Waals surface area contributed by atoms with Crippen molar-refractivity contribution < 1.29 is 38.1 Å². The van der Waals surface area contributed by atoms with E-state index in [2.05, 4.69) is 36.2 Å². The first kappa shape index (κ1) is 63.5.